The van der Waals surface area contributed by atoms with Gasteiger partial charge in [-0.15, -0.1) is 13.2 Å². The van der Waals surface area contributed by atoms with Crippen LogP contribution in [0.5, 0.6) is 0 Å². The average molecular weight is 275 g/mol. The van der Waals surface area contributed by atoms with Crippen molar-refractivity contribution in [1.82, 2.24) is 0 Å². The summed E-state index contributed by atoms with van der Waals surface area (Å²) in [6.07, 6.45) is 8.75. The van der Waals surface area contributed by atoms with Crippen molar-refractivity contribution in [2.75, 3.05) is 18.0 Å². The van der Waals surface area contributed by atoms with Gasteiger partial charge >= 0.3 is 0 Å². The van der Waals surface area contributed by atoms with Gasteiger partial charge in [0, 0.05) is 18.8 Å². The summed E-state index contributed by atoms with van der Waals surface area (Å²) in [5, 5.41) is 17.3. The van der Waals surface area contributed by atoms with E-state index in [2.05, 4.69) is 18.1 Å². The maximum absolute atomic E-state index is 8.63. The molecule has 0 aliphatic rings. The average Bonchev–Trinajstić information content (AvgIpc) is 2.52. The van der Waals surface area contributed by atoms with Crippen LogP contribution < -0.4 is 4.90 Å². The SMILES string of the molecule is C=CCN(CC=C)c1ccc(/C=C/C=C(C#N)C#N)cc1. The molecule has 0 radical (unpaired) electrons. The summed E-state index contributed by atoms with van der Waals surface area (Å²) in [5.74, 6) is 0. The molecule has 21 heavy (non-hydrogen) atoms. The fraction of sp³-hybridized carbons (Fsp3) is 0.111. The molecule has 0 fully saturated rings. The van der Waals surface area contributed by atoms with E-state index < -0.39 is 0 Å². The number of nitriles is 2. The molecule has 1 aromatic carbocycles. The normalized spacial score (nSPS) is 9.43. The van der Waals surface area contributed by atoms with E-state index in [1.54, 1.807) is 6.08 Å². The Morgan fingerprint density at radius 3 is 2.10 bits per heavy atom. The Kier molecular flexibility index (Phi) is 6.83. The van der Waals surface area contributed by atoms with E-state index >= 15 is 0 Å². The molecule has 3 heteroatoms. The maximum Gasteiger partial charge on any atom is 0.129 e. The van der Waals surface area contributed by atoms with Crippen LogP contribution in [0.15, 0.2) is 67.3 Å². The van der Waals surface area contributed by atoms with Crippen molar-refractivity contribution in [2.45, 2.75) is 0 Å². The smallest absolute Gasteiger partial charge is 0.129 e. The van der Waals surface area contributed by atoms with Crippen LogP contribution in [0.2, 0.25) is 0 Å². The Balaban J connectivity index is 2.83. The molecule has 0 aliphatic carbocycles. The number of anilines is 1. The van der Waals surface area contributed by atoms with Gasteiger partial charge in [0.05, 0.1) is 0 Å². The second kappa shape index (κ2) is 8.96. The van der Waals surface area contributed by atoms with Gasteiger partial charge in [0.25, 0.3) is 0 Å². The first-order valence-electron chi connectivity index (χ1n) is 6.50. The molecule has 0 amide bonds. The van der Waals surface area contributed by atoms with Gasteiger partial charge in [-0.05, 0) is 23.8 Å². The van der Waals surface area contributed by atoms with Crippen LogP contribution in [0.25, 0.3) is 6.08 Å². The molecule has 0 unspecified atom stereocenters. The fourth-order valence-electron chi connectivity index (χ4n) is 1.75. The first-order valence-corrected chi connectivity index (χ1v) is 6.50. The lowest BCUT2D eigenvalue weighted by atomic mass is 10.1. The number of benzene rings is 1. The van der Waals surface area contributed by atoms with Crippen LogP contribution in [0.1, 0.15) is 5.56 Å². The standard InChI is InChI=1S/C18H17N3/c1-3-12-21(13-4-2)18-10-8-16(9-11-18)6-5-7-17(14-19)15-20/h3-11H,1-2,12-13H2/b6-5+. The van der Waals surface area contributed by atoms with Gasteiger partial charge in [-0.25, -0.2) is 0 Å². The van der Waals surface area contributed by atoms with Gasteiger partial charge in [-0.3, -0.25) is 0 Å². The van der Waals surface area contributed by atoms with Gasteiger partial charge in [0.1, 0.15) is 17.7 Å². The van der Waals surface area contributed by atoms with E-state index in [1.165, 1.54) is 6.08 Å². The van der Waals surface area contributed by atoms with E-state index in [1.807, 2.05) is 54.6 Å². The number of nitrogens with zero attached hydrogens (tertiary/aromatic N) is 3. The summed E-state index contributed by atoms with van der Waals surface area (Å²) >= 11 is 0. The third-order valence-electron chi connectivity index (χ3n) is 2.75. The van der Waals surface area contributed by atoms with Crippen LogP contribution in [-0.4, -0.2) is 13.1 Å². The molecule has 0 spiro atoms. The quantitative estimate of drug-likeness (QED) is 0.431. The van der Waals surface area contributed by atoms with Crippen molar-refractivity contribution in [2.24, 2.45) is 0 Å². The summed E-state index contributed by atoms with van der Waals surface area (Å²) in [4.78, 5) is 2.15. The third-order valence-corrected chi connectivity index (χ3v) is 2.75. The zero-order valence-electron chi connectivity index (χ0n) is 11.9. The minimum absolute atomic E-state index is 0.0889. The van der Waals surface area contributed by atoms with Gasteiger partial charge in [-0.2, -0.15) is 10.5 Å². The molecule has 1 aromatic rings. The summed E-state index contributed by atoms with van der Waals surface area (Å²) in [6, 6.07) is 11.6. The Morgan fingerprint density at radius 1 is 1.05 bits per heavy atom. The highest BCUT2D eigenvalue weighted by atomic mass is 15.1. The van der Waals surface area contributed by atoms with Gasteiger partial charge in [-0.1, -0.05) is 36.4 Å². The van der Waals surface area contributed by atoms with Crippen molar-refractivity contribution < 1.29 is 0 Å². The summed E-state index contributed by atoms with van der Waals surface area (Å²) < 4.78 is 0. The lowest BCUT2D eigenvalue weighted by Gasteiger charge is -2.21. The molecule has 1 rings (SSSR count). The number of allylic oxidation sites excluding steroid dienone is 3. The van der Waals surface area contributed by atoms with E-state index in [0.29, 0.717) is 0 Å². The highest BCUT2D eigenvalue weighted by molar-refractivity contribution is 5.58. The first-order chi connectivity index (χ1) is 10.2. The van der Waals surface area contributed by atoms with Crippen molar-refractivity contribution in [3.05, 3.63) is 72.9 Å². The maximum atomic E-state index is 8.63. The van der Waals surface area contributed by atoms with Crippen LogP contribution in [0.4, 0.5) is 5.69 Å². The Labute approximate surface area is 126 Å². The topological polar surface area (TPSA) is 50.8 Å². The van der Waals surface area contributed by atoms with E-state index in [9.17, 15) is 0 Å². The van der Waals surface area contributed by atoms with Crippen LogP contribution >= 0.6 is 0 Å². The molecule has 3 nitrogen and oxygen atoms in total. The molecule has 0 aromatic heterocycles. The second-order valence-electron chi connectivity index (χ2n) is 4.24. The van der Waals surface area contributed by atoms with Crippen LogP contribution in [0, 0.1) is 22.7 Å². The molecule has 0 atom stereocenters. The number of rotatable bonds is 7. The lowest BCUT2D eigenvalue weighted by Crippen LogP contribution is -2.22. The molecule has 0 saturated carbocycles. The van der Waals surface area contributed by atoms with Crippen molar-refractivity contribution in [3.63, 3.8) is 0 Å². The molecular formula is C18H17N3. The van der Waals surface area contributed by atoms with Gasteiger partial charge in [0.15, 0.2) is 0 Å². The van der Waals surface area contributed by atoms with E-state index in [4.69, 9.17) is 10.5 Å². The van der Waals surface area contributed by atoms with Crippen molar-refractivity contribution in [1.29, 1.82) is 10.5 Å². The molecule has 0 saturated heterocycles. The molecular weight excluding hydrogens is 258 g/mol. The Hall–Kier alpha value is -3.04. The fourth-order valence-corrected chi connectivity index (χ4v) is 1.75. The van der Waals surface area contributed by atoms with Gasteiger partial charge in [0.2, 0.25) is 0 Å². The van der Waals surface area contributed by atoms with Crippen LogP contribution in [0.3, 0.4) is 0 Å². The van der Waals surface area contributed by atoms with Crippen molar-refractivity contribution >= 4 is 11.8 Å². The summed E-state index contributed by atoms with van der Waals surface area (Å²) in [6.45, 7) is 9.03. The molecule has 104 valence electrons. The monoisotopic (exact) mass is 275 g/mol. The molecule has 0 bridgehead atoms. The number of hydrogen-bond donors (Lipinski definition) is 0. The van der Waals surface area contributed by atoms with E-state index in [-0.39, 0.29) is 5.57 Å². The van der Waals surface area contributed by atoms with E-state index in [0.717, 1.165) is 24.3 Å². The molecule has 0 heterocycles. The predicted octanol–water partition coefficient (Wildman–Crippen LogP) is 3.85. The predicted molar refractivity (Wildman–Crippen MR) is 87.4 cm³/mol. The van der Waals surface area contributed by atoms with Crippen LogP contribution in [-0.2, 0) is 0 Å². The number of hydrogen-bond acceptors (Lipinski definition) is 3. The molecule has 0 N–H and O–H groups in total. The Morgan fingerprint density at radius 2 is 1.62 bits per heavy atom. The highest BCUT2D eigenvalue weighted by Gasteiger charge is 2.01. The minimum Gasteiger partial charge on any atom is -0.364 e. The second-order valence-corrected chi connectivity index (χ2v) is 4.24. The summed E-state index contributed by atoms with van der Waals surface area (Å²) in [7, 11) is 0. The highest BCUT2D eigenvalue weighted by Crippen LogP contribution is 2.16. The summed E-state index contributed by atoms with van der Waals surface area (Å²) in [5.41, 5.74) is 2.19. The Bertz CT molecular complexity index is 596. The minimum atomic E-state index is 0.0889. The largest absolute Gasteiger partial charge is 0.364 e. The van der Waals surface area contributed by atoms with Crippen molar-refractivity contribution in [3.8, 4) is 12.1 Å². The molecule has 0 aliphatic heterocycles. The zero-order valence-corrected chi connectivity index (χ0v) is 11.9. The third kappa shape index (κ3) is 5.22. The van der Waals surface area contributed by atoms with Gasteiger partial charge < -0.3 is 4.90 Å². The first kappa shape index (κ1) is 16.0. The zero-order chi connectivity index (χ0) is 15.5. The lowest BCUT2D eigenvalue weighted by molar-refractivity contribution is 0.957.